The van der Waals surface area contributed by atoms with Gasteiger partial charge in [0.05, 0.1) is 12.2 Å². The van der Waals surface area contributed by atoms with E-state index in [4.69, 9.17) is 9.47 Å². The van der Waals surface area contributed by atoms with Crippen LogP contribution in [-0.2, 0) is 19.1 Å². The van der Waals surface area contributed by atoms with Crippen LogP contribution >= 0.6 is 0 Å². The van der Waals surface area contributed by atoms with E-state index >= 15 is 0 Å². The standard InChI is InChI=1S/C26H32O5/c1-18-8-6-7-10-20(18)12-14-26(29)31-22-16-21-11-5-3-4-9-19(2)30-25(28)15-13-24(27)23(21)17-22/h5-8,10-15,19,21-24,27H,3-4,9,16-17H2,1-2H3/b11-5+,14-12+,15-13?/t19-,21+,22-,23+,24+/m0/s1. The highest BCUT2D eigenvalue weighted by atomic mass is 16.5. The summed E-state index contributed by atoms with van der Waals surface area (Å²) >= 11 is 0. The maximum Gasteiger partial charge on any atom is 0.331 e. The third kappa shape index (κ3) is 6.93. The van der Waals surface area contributed by atoms with Crippen LogP contribution in [0.4, 0.5) is 0 Å². The first-order valence-corrected chi connectivity index (χ1v) is 11.1. The summed E-state index contributed by atoms with van der Waals surface area (Å²) in [5, 5.41) is 10.7. The molecule has 1 aromatic rings. The lowest BCUT2D eigenvalue weighted by Crippen LogP contribution is -2.22. The van der Waals surface area contributed by atoms with Gasteiger partial charge in [0.1, 0.15) is 6.10 Å². The van der Waals surface area contributed by atoms with E-state index < -0.39 is 12.1 Å². The number of benzene rings is 1. The molecule has 166 valence electrons. The van der Waals surface area contributed by atoms with Gasteiger partial charge < -0.3 is 14.6 Å². The molecule has 0 aromatic heterocycles. The number of carbonyl (C=O) groups is 2. The van der Waals surface area contributed by atoms with Crippen molar-refractivity contribution in [3.05, 3.63) is 65.8 Å². The van der Waals surface area contributed by atoms with Gasteiger partial charge in [-0.1, -0.05) is 36.4 Å². The zero-order chi connectivity index (χ0) is 22.2. The highest BCUT2D eigenvalue weighted by Gasteiger charge is 2.38. The largest absolute Gasteiger partial charge is 0.460 e. The highest BCUT2D eigenvalue weighted by Crippen LogP contribution is 2.38. The molecule has 5 atom stereocenters. The van der Waals surface area contributed by atoms with Crippen molar-refractivity contribution in [3.8, 4) is 0 Å². The summed E-state index contributed by atoms with van der Waals surface area (Å²) < 4.78 is 11.0. The average molecular weight is 425 g/mol. The van der Waals surface area contributed by atoms with Gasteiger partial charge in [-0.05, 0) is 81.1 Å². The quantitative estimate of drug-likeness (QED) is 0.438. The minimum atomic E-state index is -0.801. The molecule has 1 saturated carbocycles. The Bertz CT molecular complexity index is 853. The molecule has 3 rings (SSSR count). The van der Waals surface area contributed by atoms with Gasteiger partial charge in [-0.3, -0.25) is 0 Å². The van der Waals surface area contributed by atoms with Gasteiger partial charge in [-0.25, -0.2) is 9.59 Å². The number of carbonyl (C=O) groups excluding carboxylic acids is 2. The van der Waals surface area contributed by atoms with Crippen molar-refractivity contribution in [2.24, 2.45) is 11.8 Å². The molecule has 1 aliphatic carbocycles. The monoisotopic (exact) mass is 424 g/mol. The van der Waals surface area contributed by atoms with Crippen molar-refractivity contribution in [2.75, 3.05) is 0 Å². The van der Waals surface area contributed by atoms with E-state index in [1.165, 1.54) is 18.2 Å². The predicted octanol–water partition coefficient (Wildman–Crippen LogP) is 4.54. The molecule has 1 aliphatic heterocycles. The zero-order valence-corrected chi connectivity index (χ0v) is 18.3. The molecule has 5 heteroatoms. The zero-order valence-electron chi connectivity index (χ0n) is 18.3. The van der Waals surface area contributed by atoms with Crippen LogP contribution < -0.4 is 0 Å². The fourth-order valence-corrected chi connectivity index (χ4v) is 4.31. The molecule has 1 heterocycles. The van der Waals surface area contributed by atoms with Crippen molar-refractivity contribution in [2.45, 2.75) is 64.3 Å². The number of esters is 2. The fourth-order valence-electron chi connectivity index (χ4n) is 4.31. The van der Waals surface area contributed by atoms with Crippen molar-refractivity contribution in [1.82, 2.24) is 0 Å². The summed E-state index contributed by atoms with van der Waals surface area (Å²) in [7, 11) is 0. The van der Waals surface area contributed by atoms with Crippen molar-refractivity contribution < 1.29 is 24.2 Å². The van der Waals surface area contributed by atoms with Crippen LogP contribution in [0.15, 0.2) is 54.6 Å². The van der Waals surface area contributed by atoms with Gasteiger partial charge >= 0.3 is 11.9 Å². The first-order valence-electron chi connectivity index (χ1n) is 11.1. The van der Waals surface area contributed by atoms with Crippen LogP contribution in [0.2, 0.25) is 0 Å². The third-order valence-electron chi connectivity index (χ3n) is 6.04. The molecule has 0 amide bonds. The SMILES string of the molecule is Cc1ccccc1/C=C/C(=O)O[C@@H]1C[C@H]2[C@H](O)C=CC(=O)O[C@@H](C)CCC/C=C/[C@@H]2C1. The Balaban J connectivity index is 1.64. The van der Waals surface area contributed by atoms with Crippen LogP contribution in [0.25, 0.3) is 6.08 Å². The van der Waals surface area contributed by atoms with Crippen LogP contribution in [0.1, 0.15) is 50.2 Å². The van der Waals surface area contributed by atoms with Crippen molar-refractivity contribution in [3.63, 3.8) is 0 Å². The molecule has 0 radical (unpaired) electrons. The normalized spacial score (nSPS) is 30.5. The summed E-state index contributed by atoms with van der Waals surface area (Å²) in [5.41, 5.74) is 2.07. The molecular formula is C26H32O5. The molecule has 1 fully saturated rings. The van der Waals surface area contributed by atoms with Gasteiger partial charge in [-0.15, -0.1) is 0 Å². The van der Waals surface area contributed by atoms with Gasteiger partial charge in [-0.2, -0.15) is 0 Å². The number of aliphatic hydroxyl groups excluding tert-OH is 1. The Labute approximate surface area is 184 Å². The second kappa shape index (κ2) is 11.1. The maximum absolute atomic E-state index is 12.4. The third-order valence-corrected chi connectivity index (χ3v) is 6.04. The minimum absolute atomic E-state index is 0.0898. The van der Waals surface area contributed by atoms with Crippen molar-refractivity contribution in [1.29, 1.82) is 0 Å². The summed E-state index contributed by atoms with van der Waals surface area (Å²) in [6.07, 6.45) is 12.9. The fraction of sp³-hybridized carbons (Fsp3) is 0.462. The van der Waals surface area contributed by atoms with E-state index in [0.717, 1.165) is 30.4 Å². The second-order valence-electron chi connectivity index (χ2n) is 8.50. The van der Waals surface area contributed by atoms with Crippen LogP contribution in [0, 0.1) is 18.8 Å². The summed E-state index contributed by atoms with van der Waals surface area (Å²) in [6.45, 7) is 3.88. The van der Waals surface area contributed by atoms with Crippen molar-refractivity contribution >= 4 is 18.0 Å². The molecule has 1 N–H and O–H groups in total. The van der Waals surface area contributed by atoms with Gasteiger partial charge in [0.25, 0.3) is 0 Å². The molecule has 0 spiro atoms. The molecule has 2 aliphatic rings. The smallest absolute Gasteiger partial charge is 0.331 e. The lowest BCUT2D eigenvalue weighted by Gasteiger charge is -2.19. The average Bonchev–Trinajstić information content (AvgIpc) is 3.13. The molecule has 0 unspecified atom stereocenters. The summed E-state index contributed by atoms with van der Waals surface area (Å²) in [4.78, 5) is 24.3. The van der Waals surface area contributed by atoms with Crippen LogP contribution in [0.5, 0.6) is 0 Å². The lowest BCUT2D eigenvalue weighted by molar-refractivity contribution is -0.143. The lowest BCUT2D eigenvalue weighted by atomic mass is 9.90. The number of hydrogen-bond acceptors (Lipinski definition) is 5. The number of cyclic esters (lactones) is 1. The van der Waals surface area contributed by atoms with Crippen LogP contribution in [-0.4, -0.2) is 35.4 Å². The Hall–Kier alpha value is -2.66. The van der Waals surface area contributed by atoms with E-state index in [9.17, 15) is 14.7 Å². The molecular weight excluding hydrogens is 392 g/mol. The summed E-state index contributed by atoms with van der Waals surface area (Å²) in [6, 6.07) is 7.84. The predicted molar refractivity (Wildman–Crippen MR) is 120 cm³/mol. The summed E-state index contributed by atoms with van der Waals surface area (Å²) in [5.74, 6) is -0.838. The first-order chi connectivity index (χ1) is 14.9. The maximum atomic E-state index is 12.4. The number of hydrogen-bond donors (Lipinski definition) is 1. The van der Waals surface area contributed by atoms with E-state index in [2.05, 4.69) is 12.2 Å². The Kier molecular flexibility index (Phi) is 8.24. The number of ether oxygens (including phenoxy) is 2. The number of aliphatic hydroxyl groups is 1. The van der Waals surface area contributed by atoms with Gasteiger partial charge in [0, 0.05) is 12.2 Å². The topological polar surface area (TPSA) is 72.8 Å². The molecule has 0 saturated heterocycles. The van der Waals surface area contributed by atoms with Gasteiger partial charge in [0.15, 0.2) is 0 Å². The van der Waals surface area contributed by atoms with E-state index in [1.807, 2.05) is 38.1 Å². The first kappa shape index (κ1) is 23.0. The van der Waals surface area contributed by atoms with E-state index in [1.54, 1.807) is 6.08 Å². The molecule has 31 heavy (non-hydrogen) atoms. The van der Waals surface area contributed by atoms with E-state index in [-0.39, 0.29) is 30.0 Å². The van der Waals surface area contributed by atoms with Gasteiger partial charge in [0.2, 0.25) is 0 Å². The number of fused-ring (bicyclic) bond motifs is 1. The molecule has 0 bridgehead atoms. The minimum Gasteiger partial charge on any atom is -0.460 e. The number of allylic oxidation sites excluding steroid dienone is 2. The second-order valence-corrected chi connectivity index (χ2v) is 8.50. The highest BCUT2D eigenvalue weighted by molar-refractivity contribution is 5.87. The molecule has 5 nitrogen and oxygen atoms in total. The van der Waals surface area contributed by atoms with Crippen LogP contribution in [0.3, 0.4) is 0 Å². The Morgan fingerprint density at radius 3 is 2.84 bits per heavy atom. The molecule has 1 aromatic carbocycles. The Morgan fingerprint density at radius 1 is 1.23 bits per heavy atom. The number of aryl methyl sites for hydroxylation is 1. The number of rotatable bonds is 3. The van der Waals surface area contributed by atoms with E-state index in [0.29, 0.717) is 12.8 Å². The Morgan fingerprint density at radius 2 is 2.03 bits per heavy atom.